The number of nitrogens with two attached hydrogens (primary N) is 2. The molecule has 0 saturated carbocycles. The molecular weight excluding hydrogens is 857 g/mol. The molecule has 2 aliphatic rings. The lowest BCUT2D eigenvalue weighted by Gasteiger charge is -2.24. The van der Waals surface area contributed by atoms with Crippen LogP contribution in [-0.2, 0) is 20.2 Å². The summed E-state index contributed by atoms with van der Waals surface area (Å²) < 4.78 is 67.7. The van der Waals surface area contributed by atoms with E-state index < -0.39 is 64.5 Å². The molecule has 0 fully saturated rings. The summed E-state index contributed by atoms with van der Waals surface area (Å²) in [4.78, 5) is 52.0. The van der Waals surface area contributed by atoms with Crippen molar-refractivity contribution in [3.05, 3.63) is 190 Å². The van der Waals surface area contributed by atoms with E-state index in [1.54, 1.807) is 48.5 Å². The summed E-state index contributed by atoms with van der Waals surface area (Å²) in [5.74, 6) is -2.10. The molecule has 316 valence electrons. The Kier molecular flexibility index (Phi) is 9.95. The first-order valence-electron chi connectivity index (χ1n) is 19.3. The van der Waals surface area contributed by atoms with E-state index in [0.29, 0.717) is 11.4 Å². The zero-order chi connectivity index (χ0) is 45.2. The molecular formula is C48H32N4O10S2. The number of nitrogen functional groups attached to an aromatic ring is 2. The summed E-state index contributed by atoms with van der Waals surface area (Å²) in [6.07, 6.45) is 0. The van der Waals surface area contributed by atoms with Crippen molar-refractivity contribution in [3.8, 4) is 0 Å². The Morgan fingerprint density at radius 2 is 0.672 bits per heavy atom. The van der Waals surface area contributed by atoms with Gasteiger partial charge in [0.15, 0.2) is 23.1 Å². The molecule has 0 aliphatic heterocycles. The molecule has 2 aliphatic carbocycles. The van der Waals surface area contributed by atoms with Crippen molar-refractivity contribution >= 4 is 99.0 Å². The lowest BCUT2D eigenvalue weighted by Crippen LogP contribution is -2.25. The van der Waals surface area contributed by atoms with Gasteiger partial charge in [-0.1, -0.05) is 121 Å². The van der Waals surface area contributed by atoms with Gasteiger partial charge in [-0.25, -0.2) is 0 Å². The highest BCUT2D eigenvalue weighted by Gasteiger charge is 2.38. The van der Waals surface area contributed by atoms with E-state index in [-0.39, 0.29) is 55.9 Å². The number of fused-ring (bicyclic) bond motifs is 6. The smallest absolute Gasteiger partial charge is 0.296 e. The quantitative estimate of drug-likeness (QED) is 0.0678. The third kappa shape index (κ3) is 6.92. The van der Waals surface area contributed by atoms with Gasteiger partial charge >= 0.3 is 0 Å². The van der Waals surface area contributed by atoms with Crippen LogP contribution in [0.5, 0.6) is 0 Å². The minimum absolute atomic E-state index is 0.0356. The van der Waals surface area contributed by atoms with Crippen molar-refractivity contribution < 1.29 is 45.1 Å². The number of benzene rings is 8. The molecule has 0 spiro atoms. The minimum Gasteiger partial charge on any atom is -0.397 e. The highest BCUT2D eigenvalue weighted by Crippen LogP contribution is 2.43. The molecule has 0 bridgehead atoms. The summed E-state index contributed by atoms with van der Waals surface area (Å²) in [6.45, 7) is 0. The SMILES string of the molecule is Nc1c(S(=O)(=O)O)cc(Nc2cccc3ccccc23)c2c1C(=O)c1ccccc1C2=O.Nc1c(S(=O)(=O)O)cc(Nc2cccc3ccccc23)c2c1C(=O)c1ccccc1C2=O. The normalized spacial score (nSPS) is 13.0. The van der Waals surface area contributed by atoms with Gasteiger partial charge in [0.2, 0.25) is 0 Å². The van der Waals surface area contributed by atoms with Gasteiger partial charge in [-0.05, 0) is 35.0 Å². The molecule has 16 heteroatoms. The topological polar surface area (TPSA) is 253 Å². The number of anilines is 6. The van der Waals surface area contributed by atoms with E-state index in [9.17, 15) is 45.1 Å². The molecule has 0 saturated heterocycles. The number of carbonyl (C=O) groups excluding carboxylic acids is 4. The monoisotopic (exact) mass is 888 g/mol. The summed E-state index contributed by atoms with van der Waals surface area (Å²) in [5, 5.41) is 9.67. The van der Waals surface area contributed by atoms with E-state index in [1.165, 1.54) is 24.3 Å². The minimum atomic E-state index is -4.77. The first kappa shape index (κ1) is 41.3. The van der Waals surface area contributed by atoms with Gasteiger partial charge in [-0.3, -0.25) is 28.3 Å². The summed E-state index contributed by atoms with van der Waals surface area (Å²) in [5.41, 5.74) is 12.5. The second-order valence-corrected chi connectivity index (χ2v) is 17.6. The van der Waals surface area contributed by atoms with Gasteiger partial charge in [0.05, 0.1) is 45.0 Å². The highest BCUT2D eigenvalue weighted by molar-refractivity contribution is 7.86. The predicted molar refractivity (Wildman–Crippen MR) is 242 cm³/mol. The van der Waals surface area contributed by atoms with Crippen LogP contribution in [0.2, 0.25) is 0 Å². The molecule has 10 rings (SSSR count). The maximum Gasteiger partial charge on any atom is 0.296 e. The molecule has 0 unspecified atom stereocenters. The molecule has 8 N–H and O–H groups in total. The molecule has 8 aromatic carbocycles. The van der Waals surface area contributed by atoms with Gasteiger partial charge < -0.3 is 22.1 Å². The maximum atomic E-state index is 13.4. The molecule has 0 aromatic heterocycles. The number of carbonyl (C=O) groups is 4. The van der Waals surface area contributed by atoms with Crippen LogP contribution in [0.4, 0.5) is 34.1 Å². The molecule has 0 radical (unpaired) electrons. The Morgan fingerprint density at radius 3 is 1.02 bits per heavy atom. The molecule has 0 heterocycles. The van der Waals surface area contributed by atoms with Gasteiger partial charge in [0.1, 0.15) is 9.79 Å². The maximum absolute atomic E-state index is 13.4. The number of rotatable bonds is 6. The average molecular weight is 889 g/mol. The van der Waals surface area contributed by atoms with Crippen LogP contribution in [0, 0.1) is 0 Å². The molecule has 14 nitrogen and oxygen atoms in total. The van der Waals surface area contributed by atoms with Crippen LogP contribution in [0.25, 0.3) is 21.5 Å². The van der Waals surface area contributed by atoms with Crippen LogP contribution < -0.4 is 22.1 Å². The van der Waals surface area contributed by atoms with Gasteiger partial charge in [-0.2, -0.15) is 16.8 Å². The van der Waals surface area contributed by atoms with Crippen LogP contribution in [-0.4, -0.2) is 49.1 Å². The molecule has 0 amide bonds. The Labute approximate surface area is 364 Å². The Balaban J connectivity index is 0.000000162. The lowest BCUT2D eigenvalue weighted by molar-refractivity contribution is 0.0980. The Morgan fingerprint density at radius 1 is 0.375 bits per heavy atom. The van der Waals surface area contributed by atoms with E-state index >= 15 is 0 Å². The Bertz CT molecular complexity index is 3380. The first-order valence-corrected chi connectivity index (χ1v) is 22.2. The van der Waals surface area contributed by atoms with Gasteiger partial charge in [0, 0.05) is 44.4 Å². The molecule has 64 heavy (non-hydrogen) atoms. The van der Waals surface area contributed by atoms with Crippen LogP contribution in [0.15, 0.2) is 155 Å². The van der Waals surface area contributed by atoms with E-state index in [2.05, 4.69) is 10.6 Å². The largest absolute Gasteiger partial charge is 0.397 e. The third-order valence-corrected chi connectivity index (χ3v) is 12.9. The molecule has 0 atom stereocenters. The fraction of sp³-hybridized carbons (Fsp3) is 0. The summed E-state index contributed by atoms with van der Waals surface area (Å²) >= 11 is 0. The first-order chi connectivity index (χ1) is 30.5. The van der Waals surface area contributed by atoms with Crippen molar-refractivity contribution in [1.29, 1.82) is 0 Å². The zero-order valence-electron chi connectivity index (χ0n) is 33.0. The van der Waals surface area contributed by atoms with Crippen LogP contribution >= 0.6 is 0 Å². The number of ketones is 4. The summed E-state index contributed by atoms with van der Waals surface area (Å²) in [7, 11) is -9.54. The van der Waals surface area contributed by atoms with E-state index in [4.69, 9.17) is 11.5 Å². The van der Waals surface area contributed by atoms with Crippen molar-refractivity contribution in [3.63, 3.8) is 0 Å². The van der Waals surface area contributed by atoms with Crippen molar-refractivity contribution in [1.82, 2.24) is 0 Å². The van der Waals surface area contributed by atoms with Gasteiger partial charge in [-0.15, -0.1) is 0 Å². The standard InChI is InChI=1S/2C24H16N2O5S/c2*25-22-19(32(29,30)31)12-18(26-17-11-5-7-13-6-1-2-8-14(13)17)20-21(22)24(28)16-10-4-3-9-15(16)23(20)27/h2*1-12,26H,25H2,(H,29,30,31). The average Bonchev–Trinajstić information content (AvgIpc) is 3.28. The second-order valence-electron chi connectivity index (χ2n) is 14.8. The van der Waals surface area contributed by atoms with Crippen molar-refractivity contribution in [2.45, 2.75) is 9.79 Å². The van der Waals surface area contributed by atoms with Crippen LogP contribution in [0.3, 0.4) is 0 Å². The fourth-order valence-corrected chi connectivity index (χ4v) is 9.46. The van der Waals surface area contributed by atoms with Gasteiger partial charge in [0.25, 0.3) is 20.2 Å². The number of nitrogens with one attached hydrogen (secondary N) is 2. The predicted octanol–water partition coefficient (Wildman–Crippen LogP) is 8.38. The van der Waals surface area contributed by atoms with Crippen LogP contribution in [0.1, 0.15) is 63.7 Å². The fourth-order valence-electron chi connectivity index (χ4n) is 8.17. The summed E-state index contributed by atoms with van der Waals surface area (Å²) in [6, 6.07) is 40.7. The van der Waals surface area contributed by atoms with Crippen molar-refractivity contribution in [2.75, 3.05) is 22.1 Å². The third-order valence-electron chi connectivity index (χ3n) is 11.1. The van der Waals surface area contributed by atoms with E-state index in [0.717, 1.165) is 33.7 Å². The highest BCUT2D eigenvalue weighted by atomic mass is 32.2. The van der Waals surface area contributed by atoms with E-state index in [1.807, 2.05) is 60.7 Å². The number of hydrogen-bond acceptors (Lipinski definition) is 12. The second kappa shape index (κ2) is 15.4. The Hall–Kier alpha value is -8.02. The molecule has 8 aromatic rings. The van der Waals surface area contributed by atoms with Crippen molar-refractivity contribution in [2.24, 2.45) is 0 Å². The lowest BCUT2D eigenvalue weighted by atomic mass is 9.82. The number of hydrogen-bond donors (Lipinski definition) is 6. The zero-order valence-corrected chi connectivity index (χ0v) is 34.6.